The molecular weight excluding hydrogens is 374 g/mol. The van der Waals surface area contributed by atoms with Crippen LogP contribution in [0.2, 0.25) is 0 Å². The van der Waals surface area contributed by atoms with Gasteiger partial charge in [0.2, 0.25) is 0 Å². The van der Waals surface area contributed by atoms with Gasteiger partial charge in [-0.1, -0.05) is 36.4 Å². The van der Waals surface area contributed by atoms with Gasteiger partial charge in [-0.05, 0) is 29.7 Å². The lowest BCUT2D eigenvalue weighted by atomic mass is 10.0. The van der Waals surface area contributed by atoms with E-state index in [9.17, 15) is 4.79 Å². The first-order valence-corrected chi connectivity index (χ1v) is 10.7. The van der Waals surface area contributed by atoms with Crippen LogP contribution in [0.25, 0.3) is 10.9 Å². The third-order valence-corrected chi connectivity index (χ3v) is 5.77. The number of benzene rings is 2. The molecule has 0 atom stereocenters. The van der Waals surface area contributed by atoms with Crippen molar-refractivity contribution in [3.05, 3.63) is 71.4 Å². The Hall–Kier alpha value is -2.67. The van der Waals surface area contributed by atoms with E-state index < -0.39 is 0 Å². The summed E-state index contributed by atoms with van der Waals surface area (Å²) in [5.41, 5.74) is 7.20. The standard InChI is InChI=1S/C24H31N5O/c1-27(2)26-24(30)21-9-6-10-22-23(21)20(17-25-22)11-12-28-13-15-29(16-14-28)18-19-7-4-3-5-8-19/h3-10,17,25H,11-16,18H2,1-2H3,(H,26,30). The van der Waals surface area contributed by atoms with Crippen LogP contribution in [0.15, 0.2) is 54.7 Å². The molecule has 1 aliphatic rings. The highest BCUT2D eigenvalue weighted by Gasteiger charge is 2.19. The zero-order valence-corrected chi connectivity index (χ0v) is 17.9. The van der Waals surface area contributed by atoms with E-state index in [0.717, 1.165) is 62.2 Å². The minimum Gasteiger partial charge on any atom is -0.361 e. The molecule has 158 valence electrons. The molecule has 0 radical (unpaired) electrons. The topological polar surface area (TPSA) is 54.6 Å². The third-order valence-electron chi connectivity index (χ3n) is 5.77. The molecule has 0 bridgehead atoms. The molecule has 0 spiro atoms. The van der Waals surface area contributed by atoms with Crippen molar-refractivity contribution in [1.29, 1.82) is 0 Å². The summed E-state index contributed by atoms with van der Waals surface area (Å²) in [4.78, 5) is 21.0. The maximum atomic E-state index is 12.6. The second-order valence-electron chi connectivity index (χ2n) is 8.23. The number of hydrazine groups is 1. The second kappa shape index (κ2) is 9.43. The van der Waals surface area contributed by atoms with E-state index in [4.69, 9.17) is 0 Å². The van der Waals surface area contributed by atoms with E-state index >= 15 is 0 Å². The van der Waals surface area contributed by atoms with Gasteiger partial charge in [0.25, 0.3) is 5.91 Å². The molecule has 6 nitrogen and oxygen atoms in total. The number of nitrogens with zero attached hydrogens (tertiary/aromatic N) is 3. The number of amides is 1. The molecule has 0 aliphatic carbocycles. The van der Waals surface area contributed by atoms with Crippen LogP contribution in [-0.2, 0) is 13.0 Å². The van der Waals surface area contributed by atoms with Gasteiger partial charge in [0.05, 0.1) is 5.56 Å². The number of aromatic nitrogens is 1. The predicted molar refractivity (Wildman–Crippen MR) is 121 cm³/mol. The number of H-pyrrole nitrogens is 1. The number of hydrogen-bond acceptors (Lipinski definition) is 4. The molecule has 2 N–H and O–H groups in total. The molecule has 30 heavy (non-hydrogen) atoms. The number of hydrogen-bond donors (Lipinski definition) is 2. The summed E-state index contributed by atoms with van der Waals surface area (Å²) in [5.74, 6) is -0.0685. The van der Waals surface area contributed by atoms with E-state index in [-0.39, 0.29) is 5.91 Å². The van der Waals surface area contributed by atoms with Crippen LogP contribution in [-0.4, -0.2) is 72.5 Å². The number of fused-ring (bicyclic) bond motifs is 1. The van der Waals surface area contributed by atoms with Crippen molar-refractivity contribution in [1.82, 2.24) is 25.2 Å². The lowest BCUT2D eigenvalue weighted by molar-refractivity contribution is 0.0858. The van der Waals surface area contributed by atoms with E-state index in [1.165, 1.54) is 11.1 Å². The minimum atomic E-state index is -0.0685. The summed E-state index contributed by atoms with van der Waals surface area (Å²) in [6.07, 6.45) is 2.99. The molecule has 1 fully saturated rings. The van der Waals surface area contributed by atoms with Gasteiger partial charge in [-0.3, -0.25) is 15.1 Å². The van der Waals surface area contributed by atoms with Gasteiger partial charge in [0.15, 0.2) is 0 Å². The largest absolute Gasteiger partial charge is 0.361 e. The first-order chi connectivity index (χ1) is 14.6. The fourth-order valence-electron chi connectivity index (χ4n) is 4.20. The van der Waals surface area contributed by atoms with Crippen LogP contribution >= 0.6 is 0 Å². The van der Waals surface area contributed by atoms with E-state index in [0.29, 0.717) is 0 Å². The molecule has 1 aliphatic heterocycles. The summed E-state index contributed by atoms with van der Waals surface area (Å²) in [6.45, 7) is 6.40. The van der Waals surface area contributed by atoms with Crippen LogP contribution in [0, 0.1) is 0 Å². The van der Waals surface area contributed by atoms with Crippen molar-refractivity contribution < 1.29 is 4.79 Å². The Morgan fingerprint density at radius 3 is 2.47 bits per heavy atom. The van der Waals surface area contributed by atoms with Crippen LogP contribution in [0.3, 0.4) is 0 Å². The quantitative estimate of drug-likeness (QED) is 0.594. The molecule has 1 saturated heterocycles. The fraction of sp³-hybridized carbons (Fsp3) is 0.375. The van der Waals surface area contributed by atoms with Crippen molar-refractivity contribution in [3.63, 3.8) is 0 Å². The number of carbonyl (C=O) groups is 1. The Morgan fingerprint density at radius 2 is 1.73 bits per heavy atom. The summed E-state index contributed by atoms with van der Waals surface area (Å²) in [7, 11) is 3.65. The Bertz CT molecular complexity index is 974. The van der Waals surface area contributed by atoms with Crippen molar-refractivity contribution in [2.45, 2.75) is 13.0 Å². The van der Waals surface area contributed by atoms with Gasteiger partial charge < -0.3 is 9.88 Å². The maximum absolute atomic E-state index is 12.6. The molecule has 0 saturated carbocycles. The summed E-state index contributed by atoms with van der Waals surface area (Å²) >= 11 is 0. The third kappa shape index (κ3) is 4.90. The molecule has 2 heterocycles. The molecule has 1 aromatic heterocycles. The highest BCUT2D eigenvalue weighted by Crippen LogP contribution is 2.24. The molecule has 6 heteroatoms. The number of aromatic amines is 1. The van der Waals surface area contributed by atoms with E-state index in [1.807, 2.05) is 32.3 Å². The summed E-state index contributed by atoms with van der Waals surface area (Å²) < 4.78 is 0. The molecule has 0 unspecified atom stereocenters. The van der Waals surface area contributed by atoms with Crippen LogP contribution in [0.1, 0.15) is 21.5 Å². The lowest BCUT2D eigenvalue weighted by Crippen LogP contribution is -2.46. The lowest BCUT2D eigenvalue weighted by Gasteiger charge is -2.34. The Kier molecular flexibility index (Phi) is 6.47. The maximum Gasteiger partial charge on any atom is 0.266 e. The normalized spacial score (nSPS) is 15.7. The first kappa shape index (κ1) is 20.6. The molecule has 3 aromatic rings. The Balaban J connectivity index is 1.36. The first-order valence-electron chi connectivity index (χ1n) is 10.7. The summed E-state index contributed by atoms with van der Waals surface area (Å²) in [6, 6.07) is 16.6. The van der Waals surface area contributed by atoms with E-state index in [2.05, 4.69) is 56.7 Å². The van der Waals surface area contributed by atoms with Crippen molar-refractivity contribution in [2.24, 2.45) is 0 Å². The number of rotatable bonds is 7. The fourth-order valence-corrected chi connectivity index (χ4v) is 4.20. The Labute approximate surface area is 178 Å². The van der Waals surface area contributed by atoms with Gasteiger partial charge in [0.1, 0.15) is 0 Å². The second-order valence-corrected chi connectivity index (χ2v) is 8.23. The number of carbonyl (C=O) groups excluding carboxylic acids is 1. The SMILES string of the molecule is CN(C)NC(=O)c1cccc2[nH]cc(CCN3CCN(Cc4ccccc4)CC3)c12. The predicted octanol–water partition coefficient (Wildman–Crippen LogP) is 2.73. The zero-order chi connectivity index (χ0) is 20.9. The highest BCUT2D eigenvalue weighted by molar-refractivity contribution is 6.07. The van der Waals surface area contributed by atoms with Gasteiger partial charge in [-0.25, -0.2) is 5.01 Å². The highest BCUT2D eigenvalue weighted by atomic mass is 16.2. The Morgan fingerprint density at radius 1 is 1.00 bits per heavy atom. The number of nitrogens with one attached hydrogen (secondary N) is 2. The van der Waals surface area contributed by atoms with Gasteiger partial charge in [-0.15, -0.1) is 0 Å². The molecule has 1 amide bonds. The average molecular weight is 406 g/mol. The summed E-state index contributed by atoms with van der Waals surface area (Å²) in [5, 5.41) is 2.72. The average Bonchev–Trinajstić information content (AvgIpc) is 3.17. The van der Waals surface area contributed by atoms with Gasteiger partial charge in [0, 0.05) is 70.5 Å². The van der Waals surface area contributed by atoms with Crippen molar-refractivity contribution >= 4 is 16.8 Å². The van der Waals surface area contributed by atoms with Crippen molar-refractivity contribution in [2.75, 3.05) is 46.8 Å². The van der Waals surface area contributed by atoms with E-state index in [1.54, 1.807) is 5.01 Å². The van der Waals surface area contributed by atoms with Crippen LogP contribution in [0.5, 0.6) is 0 Å². The van der Waals surface area contributed by atoms with Gasteiger partial charge in [-0.2, -0.15) is 0 Å². The molecule has 2 aromatic carbocycles. The monoisotopic (exact) mass is 405 g/mol. The molecular formula is C24H31N5O. The smallest absolute Gasteiger partial charge is 0.266 e. The van der Waals surface area contributed by atoms with Crippen LogP contribution in [0.4, 0.5) is 0 Å². The van der Waals surface area contributed by atoms with Crippen molar-refractivity contribution in [3.8, 4) is 0 Å². The minimum absolute atomic E-state index is 0.0685. The molecule has 4 rings (SSSR count). The zero-order valence-electron chi connectivity index (χ0n) is 17.9. The van der Waals surface area contributed by atoms with Crippen LogP contribution < -0.4 is 5.43 Å². The van der Waals surface area contributed by atoms with Gasteiger partial charge >= 0.3 is 0 Å². The number of piperazine rings is 1.